The lowest BCUT2D eigenvalue weighted by Gasteiger charge is -1.93. The number of nitrogens with zero attached hydrogens (tertiary/aromatic N) is 3. The average molecular weight is 236 g/mol. The molecule has 2 aromatic heterocycles. The number of rotatable bonds is 3. The van der Waals surface area contributed by atoms with Crippen molar-refractivity contribution >= 4 is 23.1 Å². The Balaban J connectivity index is 2.15. The van der Waals surface area contributed by atoms with Crippen molar-refractivity contribution in [2.75, 3.05) is 0 Å². The number of thiophene rings is 1. The molecule has 0 amide bonds. The first kappa shape index (κ1) is 10.2. The number of hydrogen-bond donors (Lipinski definition) is 1. The topological polar surface area (TPSA) is 65.4 Å². The second-order valence-electron chi connectivity index (χ2n) is 2.83. The van der Waals surface area contributed by atoms with Gasteiger partial charge in [-0.05, 0) is 18.4 Å². The van der Waals surface area contributed by atoms with Crippen LogP contribution >= 0.6 is 23.1 Å². The van der Waals surface area contributed by atoms with E-state index >= 15 is 0 Å². The zero-order valence-electron chi connectivity index (χ0n) is 7.97. The third kappa shape index (κ3) is 2.37. The van der Waals surface area contributed by atoms with Crippen LogP contribution in [0.3, 0.4) is 0 Å². The van der Waals surface area contributed by atoms with Crippen molar-refractivity contribution < 1.29 is 0 Å². The molecule has 0 aromatic carbocycles. The van der Waals surface area contributed by atoms with E-state index in [2.05, 4.69) is 21.3 Å². The van der Waals surface area contributed by atoms with Crippen LogP contribution in [-0.4, -0.2) is 20.4 Å². The van der Waals surface area contributed by atoms with Crippen molar-refractivity contribution in [1.82, 2.24) is 15.2 Å². The SMILES string of the molecule is CC(C#N)Sc1n[nH]c(-c2cccs2)n1. The van der Waals surface area contributed by atoms with Crippen LogP contribution in [0.4, 0.5) is 0 Å². The highest BCUT2D eigenvalue weighted by atomic mass is 32.2. The van der Waals surface area contributed by atoms with Gasteiger partial charge in [0.05, 0.1) is 16.2 Å². The quantitative estimate of drug-likeness (QED) is 0.832. The summed E-state index contributed by atoms with van der Waals surface area (Å²) in [6.07, 6.45) is 0. The number of nitrogens with one attached hydrogen (secondary N) is 1. The summed E-state index contributed by atoms with van der Waals surface area (Å²) in [5.41, 5.74) is 0. The van der Waals surface area contributed by atoms with E-state index in [1.807, 2.05) is 24.4 Å². The van der Waals surface area contributed by atoms with Crippen LogP contribution in [-0.2, 0) is 0 Å². The Labute approximate surface area is 95.4 Å². The molecule has 0 saturated carbocycles. The molecule has 0 fully saturated rings. The largest absolute Gasteiger partial charge is 0.257 e. The Kier molecular flexibility index (Phi) is 3.04. The van der Waals surface area contributed by atoms with Gasteiger partial charge in [0.1, 0.15) is 0 Å². The molecule has 0 radical (unpaired) electrons. The van der Waals surface area contributed by atoms with E-state index in [-0.39, 0.29) is 5.25 Å². The number of H-pyrrole nitrogens is 1. The van der Waals surface area contributed by atoms with Crippen molar-refractivity contribution in [2.24, 2.45) is 0 Å². The molecule has 6 heteroatoms. The lowest BCUT2D eigenvalue weighted by molar-refractivity contribution is 0.970. The molecule has 76 valence electrons. The zero-order valence-corrected chi connectivity index (χ0v) is 9.60. The molecular formula is C9H8N4S2. The Bertz CT molecular complexity index is 469. The third-order valence-corrected chi connectivity index (χ3v) is 3.41. The standard InChI is InChI=1S/C9H8N4S2/c1-6(5-10)15-9-11-8(12-13-9)7-3-2-4-14-7/h2-4,6H,1H3,(H,11,12,13). The van der Waals surface area contributed by atoms with Gasteiger partial charge in [0.25, 0.3) is 0 Å². The van der Waals surface area contributed by atoms with Gasteiger partial charge in [-0.15, -0.1) is 16.4 Å². The van der Waals surface area contributed by atoms with E-state index in [4.69, 9.17) is 5.26 Å². The van der Waals surface area contributed by atoms with Crippen molar-refractivity contribution in [3.05, 3.63) is 17.5 Å². The highest BCUT2D eigenvalue weighted by molar-refractivity contribution is 8.00. The highest BCUT2D eigenvalue weighted by Crippen LogP contribution is 2.24. The second kappa shape index (κ2) is 4.47. The first-order chi connectivity index (χ1) is 7.29. The summed E-state index contributed by atoms with van der Waals surface area (Å²) in [7, 11) is 0. The number of thioether (sulfide) groups is 1. The van der Waals surface area contributed by atoms with Crippen LogP contribution in [0.15, 0.2) is 22.7 Å². The molecule has 4 nitrogen and oxygen atoms in total. The minimum Gasteiger partial charge on any atom is -0.257 e. The number of aromatic amines is 1. The van der Waals surface area contributed by atoms with Gasteiger partial charge in [-0.2, -0.15) is 5.26 Å². The minimum atomic E-state index is -0.128. The van der Waals surface area contributed by atoms with Crippen LogP contribution in [0, 0.1) is 11.3 Å². The van der Waals surface area contributed by atoms with E-state index in [0.29, 0.717) is 5.16 Å². The molecule has 1 unspecified atom stereocenters. The van der Waals surface area contributed by atoms with Gasteiger partial charge < -0.3 is 0 Å². The maximum absolute atomic E-state index is 8.65. The lowest BCUT2D eigenvalue weighted by Crippen LogP contribution is -1.90. The van der Waals surface area contributed by atoms with Crippen molar-refractivity contribution in [2.45, 2.75) is 17.3 Å². The number of nitriles is 1. The zero-order chi connectivity index (χ0) is 10.7. The summed E-state index contributed by atoms with van der Waals surface area (Å²) in [5.74, 6) is 0.762. The molecule has 15 heavy (non-hydrogen) atoms. The molecule has 0 spiro atoms. The molecule has 2 aromatic rings. The van der Waals surface area contributed by atoms with Crippen LogP contribution < -0.4 is 0 Å². The third-order valence-electron chi connectivity index (χ3n) is 1.68. The molecular weight excluding hydrogens is 228 g/mol. The predicted octanol–water partition coefficient (Wildman–Crippen LogP) is 2.54. The van der Waals surface area contributed by atoms with Crippen molar-refractivity contribution in [3.8, 4) is 16.8 Å². The summed E-state index contributed by atoms with van der Waals surface area (Å²) in [4.78, 5) is 5.35. The summed E-state index contributed by atoms with van der Waals surface area (Å²) in [5, 5.41) is 18.0. The molecule has 0 aliphatic rings. The fraction of sp³-hybridized carbons (Fsp3) is 0.222. The van der Waals surface area contributed by atoms with Gasteiger partial charge >= 0.3 is 0 Å². The average Bonchev–Trinajstić information content (AvgIpc) is 2.85. The monoisotopic (exact) mass is 236 g/mol. The van der Waals surface area contributed by atoms with Gasteiger partial charge in [0, 0.05) is 0 Å². The molecule has 0 aliphatic heterocycles. The molecule has 2 heterocycles. The summed E-state index contributed by atoms with van der Waals surface area (Å²) >= 11 is 2.96. The van der Waals surface area contributed by atoms with E-state index in [1.165, 1.54) is 11.8 Å². The molecule has 0 aliphatic carbocycles. The Morgan fingerprint density at radius 3 is 3.20 bits per heavy atom. The molecule has 0 saturated heterocycles. The van der Waals surface area contributed by atoms with E-state index in [9.17, 15) is 0 Å². The van der Waals surface area contributed by atoms with Crippen molar-refractivity contribution in [1.29, 1.82) is 5.26 Å². The Morgan fingerprint density at radius 2 is 2.53 bits per heavy atom. The minimum absolute atomic E-state index is 0.128. The van der Waals surface area contributed by atoms with Crippen LogP contribution in [0.2, 0.25) is 0 Å². The van der Waals surface area contributed by atoms with Crippen LogP contribution in [0.1, 0.15) is 6.92 Å². The van der Waals surface area contributed by atoms with Crippen molar-refractivity contribution in [3.63, 3.8) is 0 Å². The van der Waals surface area contributed by atoms with Gasteiger partial charge in [-0.25, -0.2) is 4.98 Å². The van der Waals surface area contributed by atoms with Crippen LogP contribution in [0.25, 0.3) is 10.7 Å². The lowest BCUT2D eigenvalue weighted by atomic mass is 10.4. The van der Waals surface area contributed by atoms with Crippen LogP contribution in [0.5, 0.6) is 0 Å². The van der Waals surface area contributed by atoms with Gasteiger partial charge in [0.15, 0.2) is 5.82 Å². The first-order valence-corrected chi connectivity index (χ1v) is 6.08. The fourth-order valence-electron chi connectivity index (χ4n) is 1.01. The maximum atomic E-state index is 8.65. The van der Waals surface area contributed by atoms with Gasteiger partial charge in [-0.1, -0.05) is 17.8 Å². The Hall–Kier alpha value is -1.32. The molecule has 2 rings (SSSR count). The van der Waals surface area contributed by atoms with Gasteiger partial charge in [-0.3, -0.25) is 5.10 Å². The second-order valence-corrected chi connectivity index (χ2v) is 5.09. The summed E-state index contributed by atoms with van der Waals surface area (Å²) in [6, 6.07) is 6.07. The van der Waals surface area contributed by atoms with Gasteiger partial charge in [0.2, 0.25) is 5.16 Å². The molecule has 1 N–H and O–H groups in total. The molecule has 0 bridgehead atoms. The summed E-state index contributed by atoms with van der Waals surface area (Å²) in [6.45, 7) is 1.83. The van der Waals surface area contributed by atoms with E-state index < -0.39 is 0 Å². The maximum Gasteiger partial charge on any atom is 0.210 e. The number of aromatic nitrogens is 3. The predicted molar refractivity (Wildman–Crippen MR) is 60.6 cm³/mol. The smallest absolute Gasteiger partial charge is 0.210 e. The highest BCUT2D eigenvalue weighted by Gasteiger charge is 2.09. The first-order valence-electron chi connectivity index (χ1n) is 4.32. The Morgan fingerprint density at radius 1 is 1.67 bits per heavy atom. The van der Waals surface area contributed by atoms with E-state index in [0.717, 1.165) is 10.7 Å². The fourth-order valence-corrected chi connectivity index (χ4v) is 2.28. The summed E-state index contributed by atoms with van der Waals surface area (Å²) < 4.78 is 0. The number of hydrogen-bond acceptors (Lipinski definition) is 5. The molecule has 1 atom stereocenters. The van der Waals surface area contributed by atoms with E-state index in [1.54, 1.807) is 11.3 Å². The normalized spacial score (nSPS) is 12.3.